The van der Waals surface area contributed by atoms with Gasteiger partial charge in [-0.2, -0.15) is 0 Å². The number of para-hydroxylation sites is 4. The Morgan fingerprint density at radius 2 is 1.20 bits per heavy atom. The third-order valence-electron chi connectivity index (χ3n) is 3.01. The Hall–Kier alpha value is -2.36. The molecule has 0 bridgehead atoms. The second kappa shape index (κ2) is 6.19. The SMILES string of the molecule is c1ccc2c(c1)NCCO2.c1ccc2c(c1)OCCO2. The molecule has 4 rings (SSSR count). The average Bonchev–Trinajstić information content (AvgIpc) is 2.56. The van der Waals surface area contributed by atoms with Crippen molar-refractivity contribution in [3.05, 3.63) is 48.5 Å². The Morgan fingerprint density at radius 3 is 1.85 bits per heavy atom. The Labute approximate surface area is 118 Å². The molecule has 0 aromatic heterocycles. The van der Waals surface area contributed by atoms with Crippen LogP contribution >= 0.6 is 0 Å². The zero-order valence-corrected chi connectivity index (χ0v) is 11.2. The zero-order valence-electron chi connectivity index (χ0n) is 11.2. The molecule has 0 fully saturated rings. The first-order valence-corrected chi connectivity index (χ1v) is 6.74. The fraction of sp³-hybridized carbons (Fsp3) is 0.250. The van der Waals surface area contributed by atoms with Gasteiger partial charge in [-0.1, -0.05) is 24.3 Å². The highest BCUT2D eigenvalue weighted by Crippen LogP contribution is 2.28. The lowest BCUT2D eigenvalue weighted by Gasteiger charge is -2.17. The lowest BCUT2D eigenvalue weighted by molar-refractivity contribution is 0.171. The van der Waals surface area contributed by atoms with Gasteiger partial charge in [0.1, 0.15) is 25.6 Å². The van der Waals surface area contributed by atoms with Gasteiger partial charge in [0.25, 0.3) is 0 Å². The van der Waals surface area contributed by atoms with E-state index < -0.39 is 0 Å². The minimum absolute atomic E-state index is 0.664. The van der Waals surface area contributed by atoms with Crippen molar-refractivity contribution in [1.82, 2.24) is 0 Å². The topological polar surface area (TPSA) is 39.7 Å². The lowest BCUT2D eigenvalue weighted by atomic mass is 10.3. The van der Waals surface area contributed by atoms with E-state index in [-0.39, 0.29) is 0 Å². The minimum Gasteiger partial charge on any atom is -0.490 e. The predicted molar refractivity (Wildman–Crippen MR) is 77.9 cm³/mol. The normalized spacial score (nSPS) is 14.8. The van der Waals surface area contributed by atoms with Crippen LogP contribution in [-0.4, -0.2) is 26.4 Å². The summed E-state index contributed by atoms with van der Waals surface area (Å²) in [6, 6.07) is 15.7. The molecule has 2 aliphatic heterocycles. The van der Waals surface area contributed by atoms with Crippen LogP contribution in [0.25, 0.3) is 0 Å². The van der Waals surface area contributed by atoms with Crippen molar-refractivity contribution >= 4 is 5.69 Å². The number of hydrogen-bond donors (Lipinski definition) is 1. The lowest BCUT2D eigenvalue weighted by Crippen LogP contribution is -2.17. The van der Waals surface area contributed by atoms with Crippen LogP contribution in [0.2, 0.25) is 0 Å². The molecule has 2 aliphatic rings. The predicted octanol–water partition coefficient (Wildman–Crippen LogP) is 2.95. The van der Waals surface area contributed by atoms with Crippen LogP contribution in [0.3, 0.4) is 0 Å². The van der Waals surface area contributed by atoms with E-state index in [4.69, 9.17) is 14.2 Å². The number of ether oxygens (including phenoxy) is 3. The molecule has 104 valence electrons. The molecule has 0 saturated heterocycles. The summed E-state index contributed by atoms with van der Waals surface area (Å²) < 4.78 is 16.0. The number of benzene rings is 2. The summed E-state index contributed by atoms with van der Waals surface area (Å²) in [6.07, 6.45) is 0. The Morgan fingerprint density at radius 1 is 0.650 bits per heavy atom. The van der Waals surface area contributed by atoms with E-state index in [9.17, 15) is 0 Å². The monoisotopic (exact) mass is 271 g/mol. The maximum atomic E-state index is 5.36. The summed E-state index contributed by atoms with van der Waals surface area (Å²) in [6.45, 7) is 3.02. The Balaban J connectivity index is 0.000000121. The number of hydrogen-bond acceptors (Lipinski definition) is 4. The van der Waals surface area contributed by atoms with Crippen LogP contribution in [0.1, 0.15) is 0 Å². The second-order valence-electron chi connectivity index (χ2n) is 4.42. The first-order valence-electron chi connectivity index (χ1n) is 6.74. The minimum atomic E-state index is 0.664. The zero-order chi connectivity index (χ0) is 13.6. The molecule has 0 spiro atoms. The van der Waals surface area contributed by atoms with Crippen molar-refractivity contribution in [2.24, 2.45) is 0 Å². The van der Waals surface area contributed by atoms with Gasteiger partial charge < -0.3 is 19.5 Å². The fourth-order valence-corrected chi connectivity index (χ4v) is 2.08. The van der Waals surface area contributed by atoms with E-state index >= 15 is 0 Å². The maximum Gasteiger partial charge on any atom is 0.161 e. The van der Waals surface area contributed by atoms with Crippen LogP contribution in [0.15, 0.2) is 48.5 Å². The van der Waals surface area contributed by atoms with Crippen LogP contribution in [0.4, 0.5) is 5.69 Å². The summed E-state index contributed by atoms with van der Waals surface area (Å²) in [7, 11) is 0. The van der Waals surface area contributed by atoms with Crippen LogP contribution < -0.4 is 19.5 Å². The quantitative estimate of drug-likeness (QED) is 0.799. The number of fused-ring (bicyclic) bond motifs is 2. The highest BCUT2D eigenvalue weighted by Gasteiger charge is 2.08. The molecule has 4 heteroatoms. The van der Waals surface area contributed by atoms with E-state index in [2.05, 4.69) is 5.32 Å². The molecular weight excluding hydrogens is 254 g/mol. The summed E-state index contributed by atoms with van der Waals surface area (Å²) in [5, 5.41) is 3.24. The van der Waals surface area contributed by atoms with Gasteiger partial charge in [-0.25, -0.2) is 0 Å². The number of rotatable bonds is 0. The first-order chi connectivity index (χ1) is 9.93. The van der Waals surface area contributed by atoms with Gasteiger partial charge in [0.15, 0.2) is 11.5 Å². The van der Waals surface area contributed by atoms with E-state index in [1.165, 1.54) is 0 Å². The summed E-state index contributed by atoms with van der Waals surface area (Å²) in [5.74, 6) is 2.68. The highest BCUT2D eigenvalue weighted by atomic mass is 16.6. The molecule has 0 unspecified atom stereocenters. The Bertz CT molecular complexity index is 470. The van der Waals surface area contributed by atoms with E-state index in [0.717, 1.165) is 36.1 Å². The summed E-state index contributed by atoms with van der Waals surface area (Å²) in [5.41, 5.74) is 1.11. The first kappa shape index (κ1) is 12.7. The number of anilines is 1. The molecule has 0 atom stereocenters. The Kier molecular flexibility index (Phi) is 3.92. The largest absolute Gasteiger partial charge is 0.490 e. The van der Waals surface area contributed by atoms with Gasteiger partial charge in [-0.15, -0.1) is 0 Å². The van der Waals surface area contributed by atoms with E-state index in [1.807, 2.05) is 48.5 Å². The van der Waals surface area contributed by atoms with Crippen molar-refractivity contribution in [1.29, 1.82) is 0 Å². The van der Waals surface area contributed by atoms with Gasteiger partial charge in [0.2, 0.25) is 0 Å². The smallest absolute Gasteiger partial charge is 0.161 e. The van der Waals surface area contributed by atoms with Crippen molar-refractivity contribution in [2.45, 2.75) is 0 Å². The molecule has 0 radical (unpaired) electrons. The van der Waals surface area contributed by atoms with Gasteiger partial charge in [0, 0.05) is 6.54 Å². The van der Waals surface area contributed by atoms with Crippen molar-refractivity contribution in [3.63, 3.8) is 0 Å². The molecule has 0 aliphatic carbocycles. The maximum absolute atomic E-state index is 5.36. The van der Waals surface area contributed by atoms with Gasteiger partial charge in [0.05, 0.1) is 5.69 Å². The van der Waals surface area contributed by atoms with Crippen molar-refractivity contribution < 1.29 is 14.2 Å². The molecule has 2 aromatic carbocycles. The molecule has 1 N–H and O–H groups in total. The molecular formula is C16H17NO3. The fourth-order valence-electron chi connectivity index (χ4n) is 2.08. The van der Waals surface area contributed by atoms with Gasteiger partial charge >= 0.3 is 0 Å². The molecule has 0 saturated carbocycles. The molecule has 0 amide bonds. The standard InChI is InChI=1S/C8H9NO.C8H8O2/c2*1-2-4-8-7(3-1)9-5-6-10-8/h1-4,9H,5-6H2;1-4H,5-6H2. The summed E-state index contributed by atoms with van der Waals surface area (Å²) in [4.78, 5) is 0. The third kappa shape index (κ3) is 2.96. The molecule has 20 heavy (non-hydrogen) atoms. The molecule has 4 nitrogen and oxygen atoms in total. The van der Waals surface area contributed by atoms with Crippen LogP contribution in [0.5, 0.6) is 17.2 Å². The third-order valence-corrected chi connectivity index (χ3v) is 3.01. The van der Waals surface area contributed by atoms with E-state index in [0.29, 0.717) is 13.2 Å². The molecule has 2 aromatic rings. The second-order valence-corrected chi connectivity index (χ2v) is 4.42. The van der Waals surface area contributed by atoms with Gasteiger partial charge in [-0.3, -0.25) is 0 Å². The summed E-state index contributed by atoms with van der Waals surface area (Å²) >= 11 is 0. The van der Waals surface area contributed by atoms with Crippen molar-refractivity contribution in [2.75, 3.05) is 31.7 Å². The average molecular weight is 271 g/mol. The number of nitrogens with one attached hydrogen (secondary N) is 1. The van der Waals surface area contributed by atoms with Crippen LogP contribution in [0, 0.1) is 0 Å². The van der Waals surface area contributed by atoms with E-state index in [1.54, 1.807) is 0 Å². The van der Waals surface area contributed by atoms with Gasteiger partial charge in [-0.05, 0) is 24.3 Å². The highest BCUT2D eigenvalue weighted by molar-refractivity contribution is 5.57. The molecule has 2 heterocycles. The van der Waals surface area contributed by atoms with Crippen LogP contribution in [-0.2, 0) is 0 Å². The van der Waals surface area contributed by atoms with Crippen molar-refractivity contribution in [3.8, 4) is 17.2 Å².